The molecule has 3 aromatic carbocycles. The highest BCUT2D eigenvalue weighted by atomic mass is 127. The van der Waals surface area contributed by atoms with Gasteiger partial charge in [0.25, 0.3) is 16.0 Å². The minimum atomic E-state index is -5.16. The maximum atomic E-state index is 13.3. The number of carbonyl (C=O) groups is 2. The Kier molecular flexibility index (Phi) is 7.12. The summed E-state index contributed by atoms with van der Waals surface area (Å²) in [6.07, 6.45) is -5.16. The third-order valence-electron chi connectivity index (χ3n) is 5.55. The summed E-state index contributed by atoms with van der Waals surface area (Å²) in [5.74, 6) is -4.95. The minimum absolute atomic E-state index is 0.293. The highest BCUT2D eigenvalue weighted by Gasteiger charge is 2.44. The maximum Gasteiger partial charge on any atom is 0.409 e. The summed E-state index contributed by atoms with van der Waals surface area (Å²) < 4.78 is 77.0. The number of nitrogens with one attached hydrogen (secondary N) is 1. The number of amides is 1. The van der Waals surface area contributed by atoms with Gasteiger partial charge in [0.05, 0.1) is 5.56 Å². The van der Waals surface area contributed by atoms with Crippen molar-refractivity contribution in [2.24, 2.45) is 0 Å². The number of fused-ring (bicyclic) bond motifs is 3. The number of benzene rings is 3. The van der Waals surface area contributed by atoms with Gasteiger partial charge in [0.2, 0.25) is 0 Å². The first kappa shape index (κ1) is 26.1. The van der Waals surface area contributed by atoms with Crippen LogP contribution in [-0.2, 0) is 14.9 Å². The second-order valence-corrected chi connectivity index (χ2v) is 10.7. The minimum Gasteiger partial charge on any atom is -0.425 e. The van der Waals surface area contributed by atoms with Gasteiger partial charge in [-0.15, -0.1) is 0 Å². The van der Waals surface area contributed by atoms with E-state index in [0.29, 0.717) is 14.7 Å². The summed E-state index contributed by atoms with van der Waals surface area (Å²) in [5, 5.41) is 1.57. The van der Waals surface area contributed by atoms with Crippen molar-refractivity contribution >= 4 is 44.6 Å². The van der Waals surface area contributed by atoms with Gasteiger partial charge in [-0.25, -0.2) is 0 Å². The van der Waals surface area contributed by atoms with E-state index < -0.39 is 51.4 Å². The summed E-state index contributed by atoms with van der Waals surface area (Å²) in [5.41, 5.74) is 2.65. The predicted octanol–water partition coefficient (Wildman–Crippen LogP) is 4.56. The molecule has 2 N–H and O–H groups in total. The van der Waals surface area contributed by atoms with Gasteiger partial charge in [0.15, 0.2) is 0 Å². The van der Waals surface area contributed by atoms with Crippen LogP contribution < -0.4 is 10.1 Å². The lowest BCUT2D eigenvalue weighted by molar-refractivity contribution is -0.148. The Bertz CT molecular complexity index is 1410. The molecule has 0 saturated heterocycles. The maximum absolute atomic E-state index is 13.3. The first-order valence-electron chi connectivity index (χ1n) is 10.4. The van der Waals surface area contributed by atoms with Gasteiger partial charge in [-0.3, -0.25) is 14.1 Å². The third-order valence-corrected chi connectivity index (χ3v) is 6.97. The first-order valence-corrected chi connectivity index (χ1v) is 13.1. The van der Waals surface area contributed by atoms with Crippen molar-refractivity contribution in [3.8, 4) is 16.9 Å². The van der Waals surface area contributed by atoms with Gasteiger partial charge in [-0.1, -0.05) is 48.5 Å². The number of hydrogen-bond acceptors (Lipinski definition) is 5. The summed E-state index contributed by atoms with van der Waals surface area (Å²) in [6.45, 7) is 0. The molecule has 0 fully saturated rings. The largest absolute Gasteiger partial charge is 0.425 e. The lowest BCUT2D eigenvalue weighted by atomic mass is 9.97. The highest BCUT2D eigenvalue weighted by molar-refractivity contribution is 14.1. The van der Waals surface area contributed by atoms with Gasteiger partial charge in [0.1, 0.15) is 23.5 Å². The van der Waals surface area contributed by atoms with Gasteiger partial charge >= 0.3 is 12.1 Å². The van der Waals surface area contributed by atoms with Crippen molar-refractivity contribution in [3.05, 3.63) is 87.0 Å². The number of alkyl halides is 3. The van der Waals surface area contributed by atoms with Crippen molar-refractivity contribution in [2.75, 3.05) is 5.75 Å². The molecule has 0 saturated carbocycles. The van der Waals surface area contributed by atoms with Crippen molar-refractivity contribution < 1.29 is 40.5 Å². The molecule has 1 unspecified atom stereocenters. The number of hydrogen-bond donors (Lipinski definition) is 2. The molecular weight excluding hydrogens is 614 g/mol. The summed E-state index contributed by atoms with van der Waals surface area (Å²) >= 11 is 1.88. The fourth-order valence-electron chi connectivity index (χ4n) is 4.01. The van der Waals surface area contributed by atoms with E-state index in [1.165, 1.54) is 12.1 Å². The fourth-order valence-corrected chi connectivity index (χ4v) is 5.17. The quantitative estimate of drug-likeness (QED) is 0.179. The molecule has 0 heterocycles. The molecule has 0 aliphatic heterocycles. The van der Waals surface area contributed by atoms with Crippen molar-refractivity contribution in [1.82, 2.24) is 5.32 Å². The molecule has 12 heteroatoms. The molecule has 0 aromatic heterocycles. The molecular formula is C24H17F3INO6S. The van der Waals surface area contributed by atoms with Crippen LogP contribution in [0.4, 0.5) is 13.2 Å². The van der Waals surface area contributed by atoms with E-state index in [-0.39, 0.29) is 5.75 Å². The van der Waals surface area contributed by atoms with Crippen LogP contribution in [0.1, 0.15) is 27.4 Å². The average molecular weight is 631 g/mol. The normalized spacial score (nSPS) is 14.0. The molecule has 1 aliphatic carbocycles. The lowest BCUT2D eigenvalue weighted by Crippen LogP contribution is -2.49. The zero-order chi connectivity index (χ0) is 26.3. The SMILES string of the molecule is O=C(NC(CS(=O)(=O)O)C(F)(F)F)c1ccc(I)cc1OC(=O)C1c2ccccc2-c2ccccc21. The lowest BCUT2D eigenvalue weighted by Gasteiger charge is -2.21. The van der Waals surface area contributed by atoms with Crippen LogP contribution in [-0.4, -0.2) is 42.8 Å². The Balaban J connectivity index is 1.65. The van der Waals surface area contributed by atoms with Crippen LogP contribution in [0.25, 0.3) is 11.1 Å². The van der Waals surface area contributed by atoms with Crippen LogP contribution in [0.5, 0.6) is 5.75 Å². The Morgan fingerprint density at radius 2 is 1.56 bits per heavy atom. The standard InChI is InChI=1S/C24H17F3INO6S/c25-24(26,27)20(12-36(32,33)34)29-22(30)18-10-9-13(28)11-19(18)35-23(31)21-16-7-3-1-5-14(16)15-6-2-4-8-17(15)21/h1-11,20-21H,12H2,(H,29,30)(H,32,33,34). The summed E-state index contributed by atoms with van der Waals surface area (Å²) in [6, 6.07) is 15.5. The van der Waals surface area contributed by atoms with E-state index >= 15 is 0 Å². The fraction of sp³-hybridized carbons (Fsp3) is 0.167. The van der Waals surface area contributed by atoms with E-state index in [1.807, 2.05) is 46.9 Å². The molecule has 4 rings (SSSR count). The smallest absolute Gasteiger partial charge is 0.409 e. The Hall–Kier alpha value is -2.97. The summed E-state index contributed by atoms with van der Waals surface area (Å²) in [7, 11) is -5.06. The molecule has 1 amide bonds. The number of rotatable bonds is 6. The van der Waals surface area contributed by atoms with Crippen LogP contribution >= 0.6 is 22.6 Å². The predicted molar refractivity (Wildman–Crippen MR) is 132 cm³/mol. The zero-order valence-electron chi connectivity index (χ0n) is 18.1. The Morgan fingerprint density at radius 3 is 2.08 bits per heavy atom. The van der Waals surface area contributed by atoms with E-state index in [4.69, 9.17) is 9.29 Å². The number of carbonyl (C=O) groups excluding carboxylic acids is 2. The number of halogens is 4. The van der Waals surface area contributed by atoms with E-state index in [0.717, 1.165) is 17.2 Å². The molecule has 0 bridgehead atoms. The molecule has 3 aromatic rings. The van der Waals surface area contributed by atoms with E-state index in [1.54, 1.807) is 29.6 Å². The number of ether oxygens (including phenoxy) is 1. The number of esters is 1. The third kappa shape index (κ3) is 5.55. The Labute approximate surface area is 217 Å². The van der Waals surface area contributed by atoms with Crippen molar-refractivity contribution in [1.29, 1.82) is 0 Å². The molecule has 36 heavy (non-hydrogen) atoms. The van der Waals surface area contributed by atoms with E-state index in [2.05, 4.69) is 0 Å². The van der Waals surface area contributed by atoms with Crippen LogP contribution in [0.2, 0.25) is 0 Å². The molecule has 1 atom stereocenters. The second-order valence-electron chi connectivity index (χ2n) is 7.99. The molecule has 188 valence electrons. The van der Waals surface area contributed by atoms with Crippen LogP contribution in [0, 0.1) is 3.57 Å². The first-order chi connectivity index (χ1) is 16.8. The topological polar surface area (TPSA) is 110 Å². The van der Waals surface area contributed by atoms with Gasteiger partial charge < -0.3 is 10.1 Å². The van der Waals surface area contributed by atoms with Gasteiger partial charge in [-0.2, -0.15) is 21.6 Å². The molecule has 0 spiro atoms. The highest BCUT2D eigenvalue weighted by Crippen LogP contribution is 2.45. The molecule has 0 radical (unpaired) electrons. The van der Waals surface area contributed by atoms with Gasteiger partial charge in [-0.05, 0) is 63.0 Å². The van der Waals surface area contributed by atoms with Crippen molar-refractivity contribution in [2.45, 2.75) is 18.1 Å². The monoisotopic (exact) mass is 631 g/mol. The van der Waals surface area contributed by atoms with Crippen molar-refractivity contribution in [3.63, 3.8) is 0 Å². The van der Waals surface area contributed by atoms with Crippen LogP contribution in [0.3, 0.4) is 0 Å². The second kappa shape index (κ2) is 9.82. The summed E-state index contributed by atoms with van der Waals surface area (Å²) in [4.78, 5) is 26.1. The Morgan fingerprint density at radius 1 is 1.00 bits per heavy atom. The van der Waals surface area contributed by atoms with Gasteiger partial charge in [0, 0.05) is 3.57 Å². The van der Waals surface area contributed by atoms with E-state index in [9.17, 15) is 31.2 Å². The van der Waals surface area contributed by atoms with Crippen LogP contribution in [0.15, 0.2) is 66.7 Å². The molecule has 7 nitrogen and oxygen atoms in total. The molecule has 1 aliphatic rings. The zero-order valence-corrected chi connectivity index (χ0v) is 21.1. The average Bonchev–Trinajstić information content (AvgIpc) is 3.12.